The van der Waals surface area contributed by atoms with Crippen LogP contribution in [-0.2, 0) is 22.7 Å². The number of nitrogens with one attached hydrogen (secondary N) is 2. The Hall–Kier alpha value is -3.59. The molecule has 2 aromatic rings. The van der Waals surface area contributed by atoms with E-state index in [1.165, 1.54) is 11.0 Å². The summed E-state index contributed by atoms with van der Waals surface area (Å²) < 4.78 is 14.6. The maximum absolute atomic E-state index is 14.6. The van der Waals surface area contributed by atoms with Crippen molar-refractivity contribution in [3.8, 4) is 0 Å². The third-order valence-electron chi connectivity index (χ3n) is 7.72. The number of carbonyl (C=O) groups is 4. The Morgan fingerprint density at radius 3 is 2.45 bits per heavy atom. The number of piperidine rings is 2. The van der Waals surface area contributed by atoms with Gasteiger partial charge in [0.1, 0.15) is 11.9 Å². The van der Waals surface area contributed by atoms with Crippen LogP contribution in [0, 0.1) is 5.82 Å². The number of fused-ring (bicyclic) bond motifs is 1. The molecule has 2 saturated heterocycles. The lowest BCUT2D eigenvalue weighted by atomic mass is 9.85. The summed E-state index contributed by atoms with van der Waals surface area (Å²) in [5.41, 5.74) is 3.75. The lowest BCUT2D eigenvalue weighted by Crippen LogP contribution is -2.52. The van der Waals surface area contributed by atoms with Gasteiger partial charge in [0.05, 0.1) is 0 Å². The molecule has 0 radical (unpaired) electrons. The van der Waals surface area contributed by atoms with Crippen molar-refractivity contribution < 1.29 is 23.6 Å². The molecule has 3 heterocycles. The molecule has 1 atom stereocenters. The predicted molar refractivity (Wildman–Crippen MR) is 139 cm³/mol. The molecular weight excluding hydrogens is 487 g/mol. The summed E-state index contributed by atoms with van der Waals surface area (Å²) in [6.45, 7) is 6.54. The molecule has 2 N–H and O–H groups in total. The van der Waals surface area contributed by atoms with E-state index in [2.05, 4.69) is 15.5 Å². The van der Waals surface area contributed by atoms with Crippen LogP contribution in [-0.4, -0.2) is 58.6 Å². The molecule has 38 heavy (non-hydrogen) atoms. The first-order chi connectivity index (χ1) is 18.2. The molecule has 9 heteroatoms. The molecule has 0 aromatic heterocycles. The first kappa shape index (κ1) is 26.0. The Kier molecular flexibility index (Phi) is 7.29. The van der Waals surface area contributed by atoms with Crippen molar-refractivity contribution in [1.29, 1.82) is 0 Å². The minimum atomic E-state index is -0.715. The van der Waals surface area contributed by atoms with Gasteiger partial charge in [-0.05, 0) is 93.1 Å². The highest BCUT2D eigenvalue weighted by molar-refractivity contribution is 6.05. The van der Waals surface area contributed by atoms with Crippen LogP contribution >= 0.6 is 0 Å². The monoisotopic (exact) mass is 520 g/mol. The van der Waals surface area contributed by atoms with Crippen LogP contribution in [0.5, 0.6) is 0 Å². The van der Waals surface area contributed by atoms with E-state index in [4.69, 9.17) is 0 Å². The van der Waals surface area contributed by atoms with Crippen LogP contribution in [0.1, 0.15) is 82.9 Å². The normalized spacial score (nSPS) is 20.6. The molecule has 2 aromatic carbocycles. The van der Waals surface area contributed by atoms with Crippen LogP contribution < -0.4 is 10.6 Å². The van der Waals surface area contributed by atoms with Crippen molar-refractivity contribution in [3.05, 3.63) is 70.0 Å². The SMILES string of the molecule is CC(C)NC(=O)c1ccc(CN2CCC(c3cc(F)cc4c3CN(C3CCC(=O)NC3=O)C4=O)CC2)cc1. The Bertz CT molecular complexity index is 1270. The molecule has 1 unspecified atom stereocenters. The highest BCUT2D eigenvalue weighted by Gasteiger charge is 2.41. The van der Waals surface area contributed by atoms with Gasteiger partial charge < -0.3 is 10.2 Å². The zero-order valence-electron chi connectivity index (χ0n) is 21.8. The summed E-state index contributed by atoms with van der Waals surface area (Å²) in [6.07, 6.45) is 2.13. The summed E-state index contributed by atoms with van der Waals surface area (Å²) in [4.78, 5) is 53.1. The van der Waals surface area contributed by atoms with Crippen molar-refractivity contribution in [2.24, 2.45) is 0 Å². The maximum atomic E-state index is 14.6. The van der Waals surface area contributed by atoms with Gasteiger partial charge in [0, 0.05) is 36.7 Å². The summed E-state index contributed by atoms with van der Waals surface area (Å²) in [5, 5.41) is 5.21. The first-order valence-corrected chi connectivity index (χ1v) is 13.3. The molecule has 3 aliphatic rings. The van der Waals surface area contributed by atoms with Crippen molar-refractivity contribution >= 4 is 23.6 Å². The molecule has 4 amide bonds. The van der Waals surface area contributed by atoms with Crippen LogP contribution in [0.4, 0.5) is 4.39 Å². The average molecular weight is 521 g/mol. The predicted octanol–water partition coefficient (Wildman–Crippen LogP) is 3.10. The minimum absolute atomic E-state index is 0.0790. The number of hydrogen-bond donors (Lipinski definition) is 2. The number of hydrogen-bond acceptors (Lipinski definition) is 5. The molecule has 2 fully saturated rings. The van der Waals surface area contributed by atoms with E-state index in [1.807, 2.05) is 38.1 Å². The number of nitrogens with zero attached hydrogens (tertiary/aromatic N) is 2. The van der Waals surface area contributed by atoms with Gasteiger partial charge >= 0.3 is 0 Å². The highest BCUT2D eigenvalue weighted by Crippen LogP contribution is 2.38. The van der Waals surface area contributed by atoms with Crippen molar-refractivity contribution in [3.63, 3.8) is 0 Å². The van der Waals surface area contributed by atoms with Gasteiger partial charge in [-0.2, -0.15) is 0 Å². The first-order valence-electron chi connectivity index (χ1n) is 13.3. The van der Waals surface area contributed by atoms with E-state index in [0.717, 1.165) is 49.2 Å². The fraction of sp³-hybridized carbons (Fsp3) is 0.448. The fourth-order valence-corrected chi connectivity index (χ4v) is 5.78. The Morgan fingerprint density at radius 2 is 1.79 bits per heavy atom. The zero-order chi connectivity index (χ0) is 27.0. The largest absolute Gasteiger partial charge is 0.350 e. The Balaban J connectivity index is 1.23. The fourth-order valence-electron chi connectivity index (χ4n) is 5.78. The van der Waals surface area contributed by atoms with E-state index >= 15 is 0 Å². The van der Waals surface area contributed by atoms with E-state index in [0.29, 0.717) is 11.1 Å². The van der Waals surface area contributed by atoms with Gasteiger partial charge in [-0.3, -0.25) is 29.4 Å². The molecule has 5 rings (SSSR count). The molecule has 8 nitrogen and oxygen atoms in total. The van der Waals surface area contributed by atoms with Gasteiger partial charge in [-0.25, -0.2) is 4.39 Å². The summed E-state index contributed by atoms with van der Waals surface area (Å²) in [7, 11) is 0. The third kappa shape index (κ3) is 5.34. The third-order valence-corrected chi connectivity index (χ3v) is 7.72. The number of likely N-dealkylation sites (tertiary alicyclic amines) is 1. The zero-order valence-corrected chi connectivity index (χ0v) is 21.8. The van der Waals surface area contributed by atoms with Crippen molar-refractivity contribution in [2.45, 2.75) is 70.6 Å². The van der Waals surface area contributed by atoms with Gasteiger partial charge in [0.2, 0.25) is 11.8 Å². The molecule has 0 aliphatic carbocycles. The highest BCUT2D eigenvalue weighted by atomic mass is 19.1. The average Bonchev–Trinajstić information content (AvgIpc) is 3.20. The van der Waals surface area contributed by atoms with E-state index < -0.39 is 17.8 Å². The standard InChI is InChI=1S/C29H33FN4O4/c1-17(2)31-27(36)20-5-3-18(4-6-20)15-33-11-9-19(10-12-33)22-13-21(30)14-23-24(22)16-34(29(23)38)25-7-8-26(35)32-28(25)37/h3-6,13-14,17,19,25H,7-12,15-16H2,1-2H3,(H,31,36)(H,32,35,37). The lowest BCUT2D eigenvalue weighted by Gasteiger charge is -2.33. The molecule has 0 bridgehead atoms. The molecular formula is C29H33FN4O4. The number of halogens is 1. The smallest absolute Gasteiger partial charge is 0.255 e. The lowest BCUT2D eigenvalue weighted by molar-refractivity contribution is -0.136. The number of amides is 4. The number of benzene rings is 2. The molecule has 0 saturated carbocycles. The van der Waals surface area contributed by atoms with Crippen molar-refractivity contribution in [2.75, 3.05) is 13.1 Å². The molecule has 200 valence electrons. The van der Waals surface area contributed by atoms with Gasteiger partial charge in [0.15, 0.2) is 0 Å². The number of carbonyl (C=O) groups excluding carboxylic acids is 4. The molecule has 3 aliphatic heterocycles. The Labute approximate surface area is 221 Å². The topological polar surface area (TPSA) is 98.8 Å². The number of rotatable bonds is 6. The maximum Gasteiger partial charge on any atom is 0.255 e. The van der Waals surface area contributed by atoms with Gasteiger partial charge in [-0.15, -0.1) is 0 Å². The second kappa shape index (κ2) is 10.6. The second-order valence-electron chi connectivity index (χ2n) is 10.8. The Morgan fingerprint density at radius 1 is 1.08 bits per heavy atom. The van der Waals surface area contributed by atoms with E-state index in [1.54, 1.807) is 6.07 Å². The van der Waals surface area contributed by atoms with Crippen LogP contribution in [0.2, 0.25) is 0 Å². The van der Waals surface area contributed by atoms with Gasteiger partial charge in [0.25, 0.3) is 11.8 Å². The molecule has 0 spiro atoms. The number of imide groups is 1. The quantitative estimate of drug-likeness (QED) is 0.571. The van der Waals surface area contributed by atoms with Crippen LogP contribution in [0.3, 0.4) is 0 Å². The van der Waals surface area contributed by atoms with E-state index in [-0.39, 0.29) is 49.1 Å². The van der Waals surface area contributed by atoms with E-state index in [9.17, 15) is 23.6 Å². The van der Waals surface area contributed by atoms with Gasteiger partial charge in [-0.1, -0.05) is 12.1 Å². The summed E-state index contributed by atoms with van der Waals surface area (Å²) in [5.74, 6) is -1.55. The van der Waals surface area contributed by atoms with Crippen LogP contribution in [0.15, 0.2) is 36.4 Å². The summed E-state index contributed by atoms with van der Waals surface area (Å²) in [6, 6.07) is 9.84. The van der Waals surface area contributed by atoms with Crippen molar-refractivity contribution in [1.82, 2.24) is 20.4 Å². The second-order valence-corrected chi connectivity index (χ2v) is 10.8. The van der Waals surface area contributed by atoms with Crippen LogP contribution in [0.25, 0.3) is 0 Å². The minimum Gasteiger partial charge on any atom is -0.350 e. The summed E-state index contributed by atoms with van der Waals surface area (Å²) >= 11 is 0.